The van der Waals surface area contributed by atoms with Crippen LogP contribution in [0.3, 0.4) is 0 Å². The third-order valence-electron chi connectivity index (χ3n) is 5.32. The number of hydrogen-bond donors (Lipinski definition) is 1. The van der Waals surface area contributed by atoms with E-state index < -0.39 is 10.0 Å². The minimum Gasteiger partial charge on any atom is -0.355 e. The molecule has 2 amide bonds. The molecule has 154 valence electrons. The zero-order chi connectivity index (χ0) is 20.5. The first-order valence-corrected chi connectivity index (χ1v) is 11.1. The van der Waals surface area contributed by atoms with Crippen molar-refractivity contribution in [2.45, 2.75) is 38.1 Å². The molecule has 1 aromatic carbocycles. The van der Waals surface area contributed by atoms with E-state index in [4.69, 9.17) is 0 Å². The topological polar surface area (TPSA) is 90.0 Å². The van der Waals surface area contributed by atoms with Crippen molar-refractivity contribution in [2.24, 2.45) is 0 Å². The minimum atomic E-state index is -3.60. The maximum Gasteiger partial charge on any atom is 0.243 e. The van der Waals surface area contributed by atoms with Gasteiger partial charge in [0.1, 0.15) is 0 Å². The molecule has 0 aromatic heterocycles. The van der Waals surface area contributed by atoms with Crippen molar-refractivity contribution in [1.29, 1.82) is 0 Å². The van der Waals surface area contributed by atoms with Crippen molar-refractivity contribution in [1.82, 2.24) is 14.5 Å². The number of sulfonamides is 1. The third kappa shape index (κ3) is 4.06. The second-order valence-corrected chi connectivity index (χ2v) is 9.30. The summed E-state index contributed by atoms with van der Waals surface area (Å²) in [6, 6.07) is 5.05. The Balaban J connectivity index is 1.70. The minimum absolute atomic E-state index is 0.0308. The number of rotatable bonds is 5. The van der Waals surface area contributed by atoms with E-state index in [-0.39, 0.29) is 22.8 Å². The highest BCUT2D eigenvalue weighted by molar-refractivity contribution is 7.89. The smallest absolute Gasteiger partial charge is 0.243 e. The molecule has 2 heterocycles. The number of fused-ring (bicyclic) bond motifs is 1. The molecular weight excluding hydrogens is 380 g/mol. The fraction of sp³-hybridized carbons (Fsp3) is 0.579. The van der Waals surface area contributed by atoms with Crippen LogP contribution in [0.15, 0.2) is 23.1 Å². The SMILES string of the molecule is CCNC(=O)CN1CCN(S(=O)(=O)c2ccc3c(c2)CC(C)N3C(C)=O)CC1. The lowest BCUT2D eigenvalue weighted by Gasteiger charge is -2.33. The predicted octanol–water partition coefficient (Wildman–Crippen LogP) is 0.427. The number of amides is 2. The van der Waals surface area contributed by atoms with E-state index in [1.54, 1.807) is 23.1 Å². The summed E-state index contributed by atoms with van der Waals surface area (Å²) in [6.07, 6.45) is 0.651. The van der Waals surface area contributed by atoms with Crippen molar-refractivity contribution in [3.63, 3.8) is 0 Å². The van der Waals surface area contributed by atoms with Gasteiger partial charge in [0.25, 0.3) is 0 Å². The van der Waals surface area contributed by atoms with Crippen LogP contribution in [0.5, 0.6) is 0 Å². The molecule has 2 aliphatic rings. The number of nitrogens with one attached hydrogen (secondary N) is 1. The zero-order valence-electron chi connectivity index (χ0n) is 16.6. The Labute approximate surface area is 166 Å². The molecule has 3 rings (SSSR count). The van der Waals surface area contributed by atoms with Crippen molar-refractivity contribution < 1.29 is 18.0 Å². The first-order valence-electron chi connectivity index (χ1n) is 9.66. The number of benzene rings is 1. The molecule has 0 bridgehead atoms. The van der Waals surface area contributed by atoms with Gasteiger partial charge in [0.2, 0.25) is 21.8 Å². The molecule has 1 atom stereocenters. The average molecular weight is 409 g/mol. The summed E-state index contributed by atoms with van der Waals surface area (Å²) < 4.78 is 27.6. The number of hydrogen-bond acceptors (Lipinski definition) is 5. The molecule has 2 aliphatic heterocycles. The standard InChI is InChI=1S/C19H28N4O4S/c1-4-20-19(25)13-21-7-9-22(10-8-21)28(26,27)17-5-6-18-16(12-17)11-14(2)23(18)15(3)24/h5-6,12,14H,4,7-11,13H2,1-3H3,(H,20,25). The van der Waals surface area contributed by atoms with Crippen LogP contribution in [0, 0.1) is 0 Å². The molecule has 0 aliphatic carbocycles. The van der Waals surface area contributed by atoms with Gasteiger partial charge in [0.05, 0.1) is 11.4 Å². The van der Waals surface area contributed by atoms with Gasteiger partial charge in [0, 0.05) is 51.4 Å². The average Bonchev–Trinajstić information content (AvgIpc) is 2.97. The monoisotopic (exact) mass is 408 g/mol. The molecule has 0 spiro atoms. The van der Waals surface area contributed by atoms with Crippen LogP contribution in [-0.2, 0) is 26.0 Å². The highest BCUT2D eigenvalue weighted by Crippen LogP contribution is 2.34. The van der Waals surface area contributed by atoms with Gasteiger partial charge in [0.15, 0.2) is 0 Å². The van der Waals surface area contributed by atoms with Gasteiger partial charge in [-0.2, -0.15) is 4.31 Å². The zero-order valence-corrected chi connectivity index (χ0v) is 17.5. The maximum absolute atomic E-state index is 13.1. The highest BCUT2D eigenvalue weighted by Gasteiger charge is 2.33. The molecule has 1 fully saturated rings. The third-order valence-corrected chi connectivity index (χ3v) is 7.21. The van der Waals surface area contributed by atoms with E-state index in [1.807, 2.05) is 18.7 Å². The van der Waals surface area contributed by atoms with Gasteiger partial charge in [-0.25, -0.2) is 8.42 Å². The lowest BCUT2D eigenvalue weighted by molar-refractivity contribution is -0.122. The summed E-state index contributed by atoms with van der Waals surface area (Å²) in [5.41, 5.74) is 1.68. The Morgan fingerprint density at radius 3 is 2.46 bits per heavy atom. The van der Waals surface area contributed by atoms with E-state index in [9.17, 15) is 18.0 Å². The fourth-order valence-corrected chi connectivity index (χ4v) is 5.45. The summed E-state index contributed by atoms with van der Waals surface area (Å²) in [5.74, 6) is -0.0772. The van der Waals surface area contributed by atoms with Gasteiger partial charge < -0.3 is 10.2 Å². The van der Waals surface area contributed by atoms with Crippen molar-refractivity contribution >= 4 is 27.5 Å². The lowest BCUT2D eigenvalue weighted by Crippen LogP contribution is -2.51. The second kappa shape index (κ2) is 8.18. The summed E-state index contributed by atoms with van der Waals surface area (Å²) in [5, 5.41) is 2.76. The Morgan fingerprint density at radius 2 is 1.86 bits per heavy atom. The Bertz CT molecular complexity index is 863. The van der Waals surface area contributed by atoms with Gasteiger partial charge in [-0.1, -0.05) is 0 Å². The number of carbonyl (C=O) groups excluding carboxylic acids is 2. The van der Waals surface area contributed by atoms with Crippen molar-refractivity contribution in [3.8, 4) is 0 Å². The molecular formula is C19H28N4O4S. The van der Waals surface area contributed by atoms with Gasteiger partial charge in [-0.15, -0.1) is 0 Å². The van der Waals surface area contributed by atoms with E-state index in [2.05, 4.69) is 5.32 Å². The second-order valence-electron chi connectivity index (χ2n) is 7.37. The largest absolute Gasteiger partial charge is 0.355 e. The Hall–Kier alpha value is -1.97. The number of likely N-dealkylation sites (N-methyl/N-ethyl adjacent to an activating group) is 1. The van der Waals surface area contributed by atoms with E-state index in [0.717, 1.165) is 11.3 Å². The van der Waals surface area contributed by atoms with Crippen LogP contribution < -0.4 is 10.2 Å². The summed E-state index contributed by atoms with van der Waals surface area (Å²) in [7, 11) is -3.60. The highest BCUT2D eigenvalue weighted by atomic mass is 32.2. The van der Waals surface area contributed by atoms with Crippen LogP contribution in [0.1, 0.15) is 26.3 Å². The summed E-state index contributed by atoms with van der Waals surface area (Å²) in [6.45, 7) is 8.00. The van der Waals surface area contributed by atoms with E-state index in [1.165, 1.54) is 11.2 Å². The van der Waals surface area contributed by atoms with Crippen LogP contribution in [0.25, 0.3) is 0 Å². The van der Waals surface area contributed by atoms with Crippen LogP contribution in [0.4, 0.5) is 5.69 Å². The summed E-state index contributed by atoms with van der Waals surface area (Å²) >= 11 is 0. The van der Waals surface area contributed by atoms with Gasteiger partial charge >= 0.3 is 0 Å². The molecule has 9 heteroatoms. The van der Waals surface area contributed by atoms with E-state index >= 15 is 0 Å². The number of nitrogens with zero attached hydrogens (tertiary/aromatic N) is 3. The Morgan fingerprint density at radius 1 is 1.18 bits per heavy atom. The van der Waals surface area contributed by atoms with Gasteiger partial charge in [-0.05, 0) is 44.0 Å². The first kappa shape index (κ1) is 20.8. The predicted molar refractivity (Wildman–Crippen MR) is 107 cm³/mol. The fourth-order valence-electron chi connectivity index (χ4n) is 3.98. The first-order chi connectivity index (χ1) is 13.2. The molecule has 1 saturated heterocycles. The van der Waals surface area contributed by atoms with Crippen LogP contribution in [-0.4, -0.2) is 74.7 Å². The van der Waals surface area contributed by atoms with Gasteiger partial charge in [-0.3, -0.25) is 14.5 Å². The Kier molecular flexibility index (Phi) is 6.07. The normalized spacial score (nSPS) is 20.8. The van der Waals surface area contributed by atoms with Crippen molar-refractivity contribution in [3.05, 3.63) is 23.8 Å². The quantitative estimate of drug-likeness (QED) is 0.763. The summed E-state index contributed by atoms with van der Waals surface area (Å²) in [4.78, 5) is 27.5. The molecule has 28 heavy (non-hydrogen) atoms. The van der Waals surface area contributed by atoms with Crippen molar-refractivity contribution in [2.75, 3.05) is 44.2 Å². The number of carbonyl (C=O) groups is 2. The maximum atomic E-state index is 13.1. The number of piperazine rings is 1. The molecule has 1 aromatic rings. The molecule has 8 nitrogen and oxygen atoms in total. The number of anilines is 1. The molecule has 0 saturated carbocycles. The molecule has 0 radical (unpaired) electrons. The molecule has 1 unspecified atom stereocenters. The van der Waals surface area contributed by atoms with Crippen LogP contribution >= 0.6 is 0 Å². The van der Waals surface area contributed by atoms with E-state index in [0.29, 0.717) is 45.7 Å². The molecule has 1 N–H and O–H groups in total. The lowest BCUT2D eigenvalue weighted by atomic mass is 10.1. The van der Waals surface area contributed by atoms with Crippen LogP contribution in [0.2, 0.25) is 0 Å².